The first-order valence-electron chi connectivity index (χ1n) is 10.9. The van der Waals surface area contributed by atoms with Gasteiger partial charge >= 0.3 is 0 Å². The summed E-state index contributed by atoms with van der Waals surface area (Å²) in [6.45, 7) is 4.32. The number of ether oxygens (including phenoxy) is 4. The number of nitrogens with zero attached hydrogens (tertiary/aromatic N) is 1. The molecule has 8 N–H and O–H groups in total. The second-order valence-electron chi connectivity index (χ2n) is 8.39. The minimum absolute atomic E-state index is 0.140. The predicted molar refractivity (Wildman–Crippen MR) is 117 cm³/mol. The predicted octanol–water partition coefficient (Wildman–Crippen LogP) is -1.51. The standard InChI is InChI=1S/C20H37N2O10P/c1-4-5-12(25)11(22-33-21)8-29-19-17(28)16(27)18(14(7-24)31-19)32-20-15(26)10(3)9(2)13(6-23)30-20/h4-5,9-20,23-28H,6-8H2,1-3H3,(H2,21,22)/b5-4+/t9-,10+,11+,12-,13?,14?,15+,16-,17+,18-,19?,20?/m1/s1. The summed E-state index contributed by atoms with van der Waals surface area (Å²) in [5.41, 5.74) is 5.42. The van der Waals surface area contributed by atoms with Gasteiger partial charge in [-0.05, 0) is 18.8 Å². The summed E-state index contributed by atoms with van der Waals surface area (Å²) in [4.78, 5) is 0. The van der Waals surface area contributed by atoms with Crippen molar-refractivity contribution in [2.75, 3.05) is 19.8 Å². The van der Waals surface area contributed by atoms with Gasteiger partial charge in [0.05, 0.1) is 40.6 Å². The summed E-state index contributed by atoms with van der Waals surface area (Å²) >= 11 is 0. The zero-order valence-electron chi connectivity index (χ0n) is 19.0. The van der Waals surface area contributed by atoms with E-state index in [1.54, 1.807) is 19.9 Å². The molecular formula is C20H37N2O10P. The van der Waals surface area contributed by atoms with Gasteiger partial charge in [-0.2, -0.15) is 0 Å². The van der Waals surface area contributed by atoms with Crippen LogP contribution in [0, 0.1) is 11.8 Å². The number of rotatable bonds is 10. The average Bonchev–Trinajstić information content (AvgIpc) is 2.80. The number of nitrogens with two attached hydrogens (primary N) is 1. The Bertz CT molecular complexity index is 640. The van der Waals surface area contributed by atoms with Crippen LogP contribution >= 0.6 is 8.52 Å². The maximum Gasteiger partial charge on any atom is 0.186 e. The van der Waals surface area contributed by atoms with Crippen LogP contribution in [0.2, 0.25) is 0 Å². The van der Waals surface area contributed by atoms with E-state index in [1.807, 2.05) is 6.92 Å². The lowest BCUT2D eigenvalue weighted by Crippen LogP contribution is -2.63. The van der Waals surface area contributed by atoms with Gasteiger partial charge in [-0.25, -0.2) is 4.74 Å². The molecular weight excluding hydrogens is 459 g/mol. The molecule has 0 spiro atoms. The first-order valence-corrected chi connectivity index (χ1v) is 11.9. The highest BCUT2D eigenvalue weighted by atomic mass is 31.1. The zero-order chi connectivity index (χ0) is 24.7. The van der Waals surface area contributed by atoms with E-state index < -0.39 is 68.0 Å². The highest BCUT2D eigenvalue weighted by molar-refractivity contribution is 7.23. The van der Waals surface area contributed by atoms with E-state index >= 15 is 0 Å². The van der Waals surface area contributed by atoms with Crippen molar-refractivity contribution < 1.29 is 49.6 Å². The molecule has 2 aliphatic rings. The van der Waals surface area contributed by atoms with Crippen LogP contribution in [0.4, 0.5) is 0 Å². The summed E-state index contributed by atoms with van der Waals surface area (Å²) in [5, 5.41) is 61.3. The third-order valence-corrected chi connectivity index (χ3v) is 6.69. The molecule has 13 heteroatoms. The van der Waals surface area contributed by atoms with E-state index in [-0.39, 0.29) is 33.6 Å². The van der Waals surface area contributed by atoms with Gasteiger partial charge in [0.25, 0.3) is 0 Å². The minimum Gasteiger partial charge on any atom is -0.394 e. The molecule has 12 nitrogen and oxygen atoms in total. The molecule has 0 aromatic rings. The van der Waals surface area contributed by atoms with Gasteiger partial charge in [0.15, 0.2) is 12.6 Å². The molecule has 0 aliphatic carbocycles. The third kappa shape index (κ3) is 6.97. The van der Waals surface area contributed by atoms with Crippen molar-refractivity contribution in [3.8, 4) is 0 Å². The molecule has 33 heavy (non-hydrogen) atoms. The molecule has 0 radical (unpaired) electrons. The van der Waals surface area contributed by atoms with Crippen LogP contribution in [0.25, 0.3) is 0 Å². The van der Waals surface area contributed by atoms with Gasteiger partial charge in [-0.1, -0.05) is 26.0 Å². The first kappa shape index (κ1) is 28.6. The van der Waals surface area contributed by atoms with Crippen LogP contribution in [-0.4, -0.2) is 112 Å². The molecule has 2 heterocycles. The molecule has 0 amide bonds. The highest BCUT2D eigenvalue weighted by Gasteiger charge is 2.49. The lowest BCUT2D eigenvalue weighted by molar-refractivity contribution is -0.352. The quantitative estimate of drug-likeness (QED) is 0.137. The van der Waals surface area contributed by atoms with Crippen molar-refractivity contribution in [1.82, 2.24) is 0 Å². The van der Waals surface area contributed by atoms with Gasteiger partial charge in [-0.3, -0.25) is 5.50 Å². The Kier molecular flexibility index (Phi) is 11.7. The van der Waals surface area contributed by atoms with Gasteiger partial charge in [0.2, 0.25) is 0 Å². The Labute approximate surface area is 194 Å². The van der Waals surface area contributed by atoms with E-state index in [4.69, 9.17) is 24.5 Å². The Morgan fingerprint density at radius 1 is 1.00 bits per heavy atom. The number of aliphatic hydroxyl groups is 6. The van der Waals surface area contributed by atoms with Crippen molar-refractivity contribution in [3.05, 3.63) is 12.2 Å². The maximum atomic E-state index is 10.7. The Hall–Kier alpha value is -0.600. The molecule has 0 aromatic carbocycles. The van der Waals surface area contributed by atoms with Gasteiger partial charge in [0, 0.05) is 0 Å². The van der Waals surface area contributed by atoms with Crippen molar-refractivity contribution in [2.24, 2.45) is 22.1 Å². The Balaban J connectivity index is 2.07. The molecule has 12 atom stereocenters. The maximum absolute atomic E-state index is 10.7. The molecule has 4 unspecified atom stereocenters. The van der Waals surface area contributed by atoms with Crippen molar-refractivity contribution in [1.29, 1.82) is 0 Å². The van der Waals surface area contributed by atoms with Gasteiger partial charge < -0.3 is 49.6 Å². The van der Waals surface area contributed by atoms with Crippen LogP contribution < -0.4 is 5.50 Å². The largest absolute Gasteiger partial charge is 0.394 e. The van der Waals surface area contributed by atoms with E-state index in [9.17, 15) is 30.6 Å². The third-order valence-electron chi connectivity index (χ3n) is 6.26. The fourth-order valence-electron chi connectivity index (χ4n) is 3.91. The van der Waals surface area contributed by atoms with Crippen LogP contribution in [0.3, 0.4) is 0 Å². The minimum atomic E-state index is -1.57. The molecule has 0 aromatic heterocycles. The van der Waals surface area contributed by atoms with Crippen LogP contribution in [0.15, 0.2) is 16.9 Å². The average molecular weight is 496 g/mol. The number of hydrogen-bond acceptors (Lipinski definition) is 11. The first-order chi connectivity index (χ1) is 15.7. The van der Waals surface area contributed by atoms with E-state index in [1.165, 1.54) is 6.08 Å². The molecule has 2 saturated heterocycles. The Morgan fingerprint density at radius 3 is 2.21 bits per heavy atom. The lowest BCUT2D eigenvalue weighted by atomic mass is 9.83. The molecule has 0 saturated carbocycles. The summed E-state index contributed by atoms with van der Waals surface area (Å²) in [7, 11) is 0.186. The monoisotopic (exact) mass is 496 g/mol. The van der Waals surface area contributed by atoms with E-state index in [0.717, 1.165) is 0 Å². The highest BCUT2D eigenvalue weighted by Crippen LogP contribution is 2.34. The summed E-state index contributed by atoms with van der Waals surface area (Å²) in [6, 6.07) is -0.743. The number of aliphatic hydroxyl groups excluding tert-OH is 6. The summed E-state index contributed by atoms with van der Waals surface area (Å²) < 4.78 is 26.6. The summed E-state index contributed by atoms with van der Waals surface area (Å²) in [6.07, 6.45) is -7.52. The number of allylic oxidation sites excluding steroid dienone is 1. The second kappa shape index (κ2) is 13.5. The molecule has 0 bridgehead atoms. The fraction of sp³-hybridized carbons (Fsp3) is 0.900. The Morgan fingerprint density at radius 2 is 1.64 bits per heavy atom. The van der Waals surface area contributed by atoms with E-state index in [2.05, 4.69) is 4.74 Å². The number of hydrogen-bond donors (Lipinski definition) is 7. The molecule has 192 valence electrons. The lowest BCUT2D eigenvalue weighted by Gasteiger charge is -2.46. The van der Waals surface area contributed by atoms with Crippen LogP contribution in [0.1, 0.15) is 20.8 Å². The summed E-state index contributed by atoms with van der Waals surface area (Å²) in [5.74, 6) is -0.416. The fourth-order valence-corrected chi connectivity index (χ4v) is 4.29. The van der Waals surface area contributed by atoms with Gasteiger partial charge in [0.1, 0.15) is 36.6 Å². The molecule has 2 rings (SSSR count). The molecule has 2 aliphatic heterocycles. The second-order valence-corrected chi connectivity index (χ2v) is 8.85. The van der Waals surface area contributed by atoms with Crippen LogP contribution in [0.5, 0.6) is 0 Å². The van der Waals surface area contributed by atoms with Crippen molar-refractivity contribution in [3.63, 3.8) is 0 Å². The SMILES string of the molecule is C/C=C/[C@@H](O)[C@H](COC1OC(CO)[C@@H](OC2OC(CO)[C@H](C)[C@H](C)[C@@H]2O)[C@H](O)[C@@H]1O)N=PN. The van der Waals surface area contributed by atoms with E-state index in [0.29, 0.717) is 0 Å². The topological polar surface area (TPSA) is 197 Å². The van der Waals surface area contributed by atoms with Gasteiger partial charge in [-0.15, -0.1) is 0 Å². The molecule has 2 fully saturated rings. The normalized spacial score (nSPS) is 42.1. The smallest absolute Gasteiger partial charge is 0.186 e. The zero-order valence-corrected chi connectivity index (χ0v) is 19.9. The van der Waals surface area contributed by atoms with Crippen molar-refractivity contribution in [2.45, 2.75) is 82.1 Å². The van der Waals surface area contributed by atoms with Crippen LogP contribution in [-0.2, 0) is 18.9 Å². The van der Waals surface area contributed by atoms with Crippen molar-refractivity contribution >= 4 is 8.52 Å².